The van der Waals surface area contributed by atoms with E-state index in [1.54, 1.807) is 57.7 Å². The van der Waals surface area contributed by atoms with Gasteiger partial charge >= 0.3 is 0 Å². The summed E-state index contributed by atoms with van der Waals surface area (Å²) < 4.78 is 10.9. The van der Waals surface area contributed by atoms with E-state index in [-0.39, 0.29) is 11.8 Å². The van der Waals surface area contributed by atoms with Crippen molar-refractivity contribution in [3.63, 3.8) is 0 Å². The molecule has 9 heteroatoms. The van der Waals surface area contributed by atoms with E-state index in [0.29, 0.717) is 52.0 Å². The summed E-state index contributed by atoms with van der Waals surface area (Å²) in [6.07, 6.45) is 0. The third-order valence-electron chi connectivity index (χ3n) is 5.54. The number of aromatic nitrogens is 2. The summed E-state index contributed by atoms with van der Waals surface area (Å²) in [5, 5.41) is 9.41. The first-order valence-corrected chi connectivity index (χ1v) is 11.4. The third kappa shape index (κ3) is 5.05. The first-order chi connectivity index (χ1) is 17.5. The molecule has 0 unspecified atom stereocenters. The monoisotopic (exact) mass is 485 g/mol. The fourth-order valence-electron chi connectivity index (χ4n) is 3.80. The van der Waals surface area contributed by atoms with Crippen LogP contribution in [-0.4, -0.2) is 49.6 Å². The molecule has 184 valence electrons. The maximum absolute atomic E-state index is 13.0. The first kappa shape index (κ1) is 24.5. The summed E-state index contributed by atoms with van der Waals surface area (Å²) in [5.74, 6) is 1.02. The molecule has 0 atom stereocenters. The topological polar surface area (TPSA) is 114 Å². The number of nitrogens with one attached hydrogen (secondary N) is 3. The molecule has 4 aromatic rings. The van der Waals surface area contributed by atoms with Crippen LogP contribution in [0.1, 0.15) is 27.6 Å². The number of nitrogens with zero attached hydrogens (tertiary/aromatic N) is 2. The number of carbonyl (C=O) groups is 2. The molecule has 1 heterocycles. The van der Waals surface area contributed by atoms with Gasteiger partial charge in [0.15, 0.2) is 11.5 Å². The number of hydrogen-bond acceptors (Lipinski definition) is 7. The van der Waals surface area contributed by atoms with Crippen LogP contribution in [0.15, 0.2) is 60.7 Å². The number of carbonyl (C=O) groups excluding carboxylic acids is 2. The molecule has 0 aliphatic heterocycles. The normalized spacial score (nSPS) is 10.6. The molecule has 0 aliphatic carbocycles. The van der Waals surface area contributed by atoms with Gasteiger partial charge in [0.2, 0.25) is 5.95 Å². The zero-order valence-electron chi connectivity index (χ0n) is 20.5. The molecule has 0 fully saturated rings. The lowest BCUT2D eigenvalue weighted by molar-refractivity contribution is 0.0956. The van der Waals surface area contributed by atoms with E-state index in [9.17, 15) is 9.59 Å². The molecule has 36 heavy (non-hydrogen) atoms. The highest BCUT2D eigenvalue weighted by Crippen LogP contribution is 2.36. The van der Waals surface area contributed by atoms with Crippen molar-refractivity contribution >= 4 is 34.4 Å². The SMILES string of the molecule is CCNC(=O)c1cccc(C(=O)Nc2cccc(-c3nc(NC)nc4cc(OC)c(OC)cc34)c2)c1. The predicted molar refractivity (Wildman–Crippen MR) is 140 cm³/mol. The van der Waals surface area contributed by atoms with Crippen LogP contribution < -0.4 is 25.4 Å². The van der Waals surface area contributed by atoms with Crippen LogP contribution >= 0.6 is 0 Å². The Bertz CT molecular complexity index is 1440. The van der Waals surface area contributed by atoms with Gasteiger partial charge in [-0.1, -0.05) is 18.2 Å². The zero-order valence-corrected chi connectivity index (χ0v) is 20.5. The second-order valence-corrected chi connectivity index (χ2v) is 7.85. The highest BCUT2D eigenvalue weighted by Gasteiger charge is 2.16. The molecule has 4 rings (SSSR count). The van der Waals surface area contributed by atoms with E-state index in [1.165, 1.54) is 0 Å². The van der Waals surface area contributed by atoms with Crippen molar-refractivity contribution in [3.05, 3.63) is 71.8 Å². The van der Waals surface area contributed by atoms with E-state index in [0.717, 1.165) is 10.9 Å². The van der Waals surface area contributed by atoms with E-state index in [4.69, 9.17) is 9.47 Å². The van der Waals surface area contributed by atoms with Gasteiger partial charge in [-0.2, -0.15) is 0 Å². The van der Waals surface area contributed by atoms with Crippen LogP contribution in [-0.2, 0) is 0 Å². The lowest BCUT2D eigenvalue weighted by atomic mass is 10.0. The largest absolute Gasteiger partial charge is 0.493 e. The van der Waals surface area contributed by atoms with E-state index >= 15 is 0 Å². The summed E-state index contributed by atoms with van der Waals surface area (Å²) in [4.78, 5) is 34.3. The van der Waals surface area contributed by atoms with Crippen molar-refractivity contribution in [2.45, 2.75) is 6.92 Å². The number of hydrogen-bond donors (Lipinski definition) is 3. The zero-order chi connectivity index (χ0) is 25.7. The Morgan fingerprint density at radius 2 is 1.56 bits per heavy atom. The van der Waals surface area contributed by atoms with Crippen molar-refractivity contribution in [1.82, 2.24) is 15.3 Å². The Balaban J connectivity index is 1.70. The Morgan fingerprint density at radius 1 is 0.861 bits per heavy atom. The molecule has 0 saturated carbocycles. The van der Waals surface area contributed by atoms with E-state index < -0.39 is 0 Å². The van der Waals surface area contributed by atoms with E-state index in [2.05, 4.69) is 25.9 Å². The van der Waals surface area contributed by atoms with Gasteiger partial charge in [0.25, 0.3) is 11.8 Å². The van der Waals surface area contributed by atoms with Crippen molar-refractivity contribution < 1.29 is 19.1 Å². The number of methoxy groups -OCH3 is 2. The van der Waals surface area contributed by atoms with Crippen LogP contribution in [0.5, 0.6) is 11.5 Å². The minimum atomic E-state index is -0.326. The fourth-order valence-corrected chi connectivity index (χ4v) is 3.80. The lowest BCUT2D eigenvalue weighted by Crippen LogP contribution is -2.23. The molecule has 9 nitrogen and oxygen atoms in total. The van der Waals surface area contributed by atoms with Crippen LogP contribution in [0, 0.1) is 0 Å². The average molecular weight is 486 g/mol. The second-order valence-electron chi connectivity index (χ2n) is 7.85. The van der Waals surface area contributed by atoms with Gasteiger partial charge in [-0.15, -0.1) is 0 Å². The summed E-state index contributed by atoms with van der Waals surface area (Å²) in [6.45, 7) is 2.35. The van der Waals surface area contributed by atoms with Crippen molar-refractivity contribution in [3.8, 4) is 22.8 Å². The molecule has 0 bridgehead atoms. The minimum Gasteiger partial charge on any atom is -0.493 e. The fraction of sp³-hybridized carbons (Fsp3) is 0.185. The Hall–Kier alpha value is -4.66. The molecule has 0 spiro atoms. The van der Waals surface area contributed by atoms with Gasteiger partial charge < -0.3 is 25.4 Å². The summed E-state index contributed by atoms with van der Waals surface area (Å²) in [6, 6.07) is 17.6. The van der Waals surface area contributed by atoms with E-state index in [1.807, 2.05) is 31.2 Å². The minimum absolute atomic E-state index is 0.225. The lowest BCUT2D eigenvalue weighted by Gasteiger charge is -2.13. The van der Waals surface area contributed by atoms with Gasteiger partial charge in [0.1, 0.15) is 0 Å². The Labute approximate surface area is 208 Å². The van der Waals surface area contributed by atoms with Gasteiger partial charge in [-0.05, 0) is 43.3 Å². The van der Waals surface area contributed by atoms with Gasteiger partial charge in [0.05, 0.1) is 25.4 Å². The predicted octanol–water partition coefficient (Wildman–Crippen LogP) is 4.36. The van der Waals surface area contributed by atoms with Crippen molar-refractivity contribution in [2.24, 2.45) is 0 Å². The van der Waals surface area contributed by atoms with Crippen molar-refractivity contribution in [1.29, 1.82) is 0 Å². The average Bonchev–Trinajstić information content (AvgIpc) is 2.91. The smallest absolute Gasteiger partial charge is 0.255 e. The summed E-state index contributed by atoms with van der Waals surface area (Å²) in [5.41, 5.74) is 3.51. The van der Waals surface area contributed by atoms with Crippen LogP contribution in [0.4, 0.5) is 11.6 Å². The van der Waals surface area contributed by atoms with Crippen LogP contribution in [0.3, 0.4) is 0 Å². The molecule has 1 aromatic heterocycles. The first-order valence-electron chi connectivity index (χ1n) is 11.4. The molecular weight excluding hydrogens is 458 g/mol. The number of amides is 2. The number of anilines is 2. The second kappa shape index (κ2) is 10.7. The van der Waals surface area contributed by atoms with Gasteiger partial charge in [-0.25, -0.2) is 9.97 Å². The summed E-state index contributed by atoms with van der Waals surface area (Å²) in [7, 11) is 4.89. The third-order valence-corrected chi connectivity index (χ3v) is 5.54. The number of benzene rings is 3. The summed E-state index contributed by atoms with van der Waals surface area (Å²) >= 11 is 0. The molecule has 3 N–H and O–H groups in total. The van der Waals surface area contributed by atoms with Crippen molar-refractivity contribution in [2.75, 3.05) is 38.4 Å². The van der Waals surface area contributed by atoms with Crippen LogP contribution in [0.25, 0.3) is 22.2 Å². The van der Waals surface area contributed by atoms with Crippen LogP contribution in [0.2, 0.25) is 0 Å². The molecule has 0 aliphatic rings. The molecular formula is C27H27N5O4. The highest BCUT2D eigenvalue weighted by molar-refractivity contribution is 6.06. The number of ether oxygens (including phenoxy) is 2. The maximum Gasteiger partial charge on any atom is 0.255 e. The van der Waals surface area contributed by atoms with Gasteiger partial charge in [0, 0.05) is 47.4 Å². The standard InChI is InChI=1S/C27H27N5O4/c1-5-29-25(33)17-9-6-10-18(12-17)26(34)30-19-11-7-8-16(13-19)24-20-14-22(35-3)23(36-4)15-21(20)31-27(28-2)32-24/h6-15H,5H2,1-4H3,(H,29,33)(H,30,34)(H,28,31,32). The Morgan fingerprint density at radius 3 is 2.25 bits per heavy atom. The number of rotatable bonds is 8. The molecule has 0 saturated heterocycles. The van der Waals surface area contributed by atoms with Gasteiger partial charge in [-0.3, -0.25) is 9.59 Å². The molecule has 3 aromatic carbocycles. The maximum atomic E-state index is 13.0. The molecule has 2 amide bonds. The quantitative estimate of drug-likeness (QED) is 0.340. The highest BCUT2D eigenvalue weighted by atomic mass is 16.5. The number of fused-ring (bicyclic) bond motifs is 1. The Kier molecular flexibility index (Phi) is 7.29. The molecule has 0 radical (unpaired) electrons.